The van der Waals surface area contributed by atoms with Crippen LogP contribution < -0.4 is 0 Å². The van der Waals surface area contributed by atoms with Crippen LogP contribution in [0.3, 0.4) is 0 Å². The van der Waals surface area contributed by atoms with Crippen LogP contribution in [-0.4, -0.2) is 37.6 Å². The Morgan fingerprint density at radius 3 is 1.86 bits per heavy atom. The SMILES string of the molecule is C=C[CH2][Ge]([SiH3])([SiH3])[SiH3]. The van der Waals surface area contributed by atoms with E-state index in [-0.39, 0.29) is 0 Å². The molecule has 0 radical (unpaired) electrons. The van der Waals surface area contributed by atoms with E-state index in [1.54, 1.807) is 26.3 Å². The maximum atomic E-state index is 3.76. The third-order valence-electron chi connectivity index (χ3n) is 0.757. The molecule has 0 bridgehead atoms. The van der Waals surface area contributed by atoms with Crippen LogP contribution in [0.25, 0.3) is 0 Å². The first-order valence-corrected chi connectivity index (χ1v) is 26.0. The first-order chi connectivity index (χ1) is 3.06. The van der Waals surface area contributed by atoms with Crippen LogP contribution in [0, 0.1) is 0 Å². The normalized spacial score (nSPS) is 19.4. The van der Waals surface area contributed by atoms with E-state index in [0.717, 1.165) is 0 Å². The van der Waals surface area contributed by atoms with Gasteiger partial charge in [0, 0.05) is 0 Å². The molecule has 0 amide bonds. The van der Waals surface area contributed by atoms with Gasteiger partial charge in [-0.25, -0.2) is 0 Å². The van der Waals surface area contributed by atoms with Crippen LogP contribution in [0.5, 0.6) is 0 Å². The van der Waals surface area contributed by atoms with E-state index in [1.165, 1.54) is 5.25 Å². The summed E-state index contributed by atoms with van der Waals surface area (Å²) in [6.07, 6.45) is 2.15. The Labute approximate surface area is 55.6 Å². The Morgan fingerprint density at radius 1 is 1.43 bits per heavy atom. The Bertz CT molecular complexity index is 65.1. The molecule has 0 nitrogen and oxygen atoms in total. The number of rotatable bonds is 2. The van der Waals surface area contributed by atoms with Crippen molar-refractivity contribution in [2.45, 2.75) is 5.25 Å². The Morgan fingerprint density at radius 2 is 1.86 bits per heavy atom. The van der Waals surface area contributed by atoms with E-state index in [1.807, 2.05) is 0 Å². The molecular weight excluding hydrogens is 193 g/mol. The standard InChI is InChI=1S/C3H14GeSi3/c1-2-3-4(5,6)7/h2H,1,3H2,5-7H3. The third kappa shape index (κ3) is 6.93. The third-order valence-corrected chi connectivity index (χ3v) is 10.3. The minimum atomic E-state index is -0.781. The van der Waals surface area contributed by atoms with Crippen LogP contribution in [-0.2, 0) is 0 Å². The molecule has 0 aliphatic rings. The van der Waals surface area contributed by atoms with Gasteiger partial charge in [0.2, 0.25) is 0 Å². The van der Waals surface area contributed by atoms with Gasteiger partial charge < -0.3 is 0 Å². The van der Waals surface area contributed by atoms with Gasteiger partial charge in [0.05, 0.1) is 0 Å². The Hall–Kier alpha value is 0.934. The van der Waals surface area contributed by atoms with Crippen LogP contribution >= 0.6 is 0 Å². The van der Waals surface area contributed by atoms with Gasteiger partial charge in [0.1, 0.15) is 0 Å². The van der Waals surface area contributed by atoms with Gasteiger partial charge in [-0.2, -0.15) is 0 Å². The molecule has 0 aromatic rings. The van der Waals surface area contributed by atoms with Gasteiger partial charge >= 0.3 is 55.5 Å². The average Bonchev–Trinajstić information content (AvgIpc) is 1.30. The number of hydrogen-bond donors (Lipinski definition) is 0. The molecule has 0 aliphatic heterocycles. The van der Waals surface area contributed by atoms with Crippen LogP contribution in [0.2, 0.25) is 5.25 Å². The van der Waals surface area contributed by atoms with Crippen molar-refractivity contribution in [1.82, 2.24) is 0 Å². The van der Waals surface area contributed by atoms with E-state index < -0.39 is 11.3 Å². The quantitative estimate of drug-likeness (QED) is 0.339. The molecule has 0 N–H and O–H groups in total. The molecule has 42 valence electrons. The van der Waals surface area contributed by atoms with E-state index in [9.17, 15) is 0 Å². The van der Waals surface area contributed by atoms with Gasteiger partial charge in [-0.05, 0) is 0 Å². The summed E-state index contributed by atoms with van der Waals surface area (Å²) in [6, 6.07) is 0. The molecule has 4 heteroatoms. The van der Waals surface area contributed by atoms with Crippen molar-refractivity contribution in [3.8, 4) is 0 Å². The molecule has 0 unspecified atom stereocenters. The summed E-state index contributed by atoms with van der Waals surface area (Å²) >= 11 is -0.781. The van der Waals surface area contributed by atoms with Crippen molar-refractivity contribution in [1.29, 1.82) is 0 Å². The van der Waals surface area contributed by atoms with E-state index in [2.05, 4.69) is 12.7 Å². The second kappa shape index (κ2) is 3.06. The van der Waals surface area contributed by atoms with Crippen LogP contribution in [0.15, 0.2) is 12.7 Å². The molecule has 0 fully saturated rings. The first kappa shape index (κ1) is 7.93. The second-order valence-electron chi connectivity index (χ2n) is 3.05. The van der Waals surface area contributed by atoms with Crippen LogP contribution in [0.1, 0.15) is 0 Å². The van der Waals surface area contributed by atoms with Crippen molar-refractivity contribution in [2.24, 2.45) is 0 Å². The van der Waals surface area contributed by atoms with E-state index >= 15 is 0 Å². The van der Waals surface area contributed by atoms with Gasteiger partial charge in [0.25, 0.3) is 0 Å². The predicted octanol–water partition coefficient (Wildman–Crippen LogP) is -2.79. The summed E-state index contributed by atoms with van der Waals surface area (Å²) in [5.41, 5.74) is 0. The summed E-state index contributed by atoms with van der Waals surface area (Å²) in [7, 11) is 4.73. The van der Waals surface area contributed by atoms with Crippen molar-refractivity contribution < 1.29 is 0 Å². The summed E-state index contributed by atoms with van der Waals surface area (Å²) in [6.45, 7) is 3.76. The second-order valence-corrected chi connectivity index (χ2v) is 88.0. The zero-order chi connectivity index (χ0) is 5.91. The predicted molar refractivity (Wildman–Crippen MR) is 50.6 cm³/mol. The maximum absolute atomic E-state index is 3.76. The molecular formula is C3H14GeSi3. The molecule has 0 saturated heterocycles. The Kier molecular flexibility index (Phi) is 3.47. The zero-order valence-corrected chi connectivity index (χ0v) is 13.6. The van der Waals surface area contributed by atoms with E-state index in [0.29, 0.717) is 0 Å². The molecule has 0 aromatic heterocycles. The van der Waals surface area contributed by atoms with Crippen molar-refractivity contribution in [3.05, 3.63) is 12.7 Å². The minimum absolute atomic E-state index is 0.781. The first-order valence-electron chi connectivity index (χ1n) is 2.67. The molecule has 0 atom stereocenters. The van der Waals surface area contributed by atoms with Crippen molar-refractivity contribution in [2.75, 3.05) is 0 Å². The molecule has 0 saturated carbocycles. The molecule has 0 rings (SSSR count). The van der Waals surface area contributed by atoms with Gasteiger partial charge in [-0.1, -0.05) is 0 Å². The summed E-state index contributed by atoms with van der Waals surface area (Å²) < 4.78 is 0. The van der Waals surface area contributed by atoms with Crippen molar-refractivity contribution >= 4 is 37.6 Å². The van der Waals surface area contributed by atoms with Gasteiger partial charge in [-0.3, -0.25) is 0 Å². The fraction of sp³-hybridized carbons (Fsp3) is 0.333. The topological polar surface area (TPSA) is 0 Å². The van der Waals surface area contributed by atoms with E-state index in [4.69, 9.17) is 0 Å². The zero-order valence-electron chi connectivity index (χ0n) is 5.49. The number of hydrogen-bond acceptors (Lipinski definition) is 0. The fourth-order valence-electron chi connectivity index (χ4n) is 0.433. The van der Waals surface area contributed by atoms with Gasteiger partial charge in [0.15, 0.2) is 0 Å². The summed E-state index contributed by atoms with van der Waals surface area (Å²) in [4.78, 5) is 0. The van der Waals surface area contributed by atoms with Crippen LogP contribution in [0.4, 0.5) is 0 Å². The summed E-state index contributed by atoms with van der Waals surface area (Å²) in [5, 5.41) is 1.48. The Balaban J connectivity index is 3.34. The molecule has 7 heavy (non-hydrogen) atoms. The molecule has 0 heterocycles. The monoisotopic (exact) mass is 208 g/mol. The van der Waals surface area contributed by atoms with Gasteiger partial charge in [-0.15, -0.1) is 0 Å². The van der Waals surface area contributed by atoms with Crippen molar-refractivity contribution in [3.63, 3.8) is 0 Å². The summed E-state index contributed by atoms with van der Waals surface area (Å²) in [5.74, 6) is 0. The fourth-order valence-corrected chi connectivity index (χ4v) is 6.75. The molecule has 0 aromatic carbocycles. The average molecular weight is 207 g/mol. The molecule has 0 spiro atoms. The molecule has 0 aliphatic carbocycles. The number of allylic oxidation sites excluding steroid dienone is 1.